The summed E-state index contributed by atoms with van der Waals surface area (Å²) < 4.78 is 13.1. The molecule has 1 unspecified atom stereocenters. The van der Waals surface area contributed by atoms with Gasteiger partial charge in [0.1, 0.15) is 0 Å². The van der Waals surface area contributed by atoms with Crippen LogP contribution in [-0.4, -0.2) is 12.3 Å². The van der Waals surface area contributed by atoms with Crippen LogP contribution < -0.4 is 5.73 Å². The molecule has 1 atom stereocenters. The lowest BCUT2D eigenvalue weighted by atomic mass is 10.1. The van der Waals surface area contributed by atoms with Crippen molar-refractivity contribution >= 4 is 5.78 Å². The standard InChI is InChI=1S/C10H16FNO/c1-4-8(3)10(13)9(11)5-7(2)6-12/h5,7H,3-4,6,12H2,1-2H3. The van der Waals surface area contributed by atoms with E-state index in [9.17, 15) is 9.18 Å². The highest BCUT2D eigenvalue weighted by molar-refractivity contribution is 6.06. The van der Waals surface area contributed by atoms with Crippen molar-refractivity contribution in [1.29, 1.82) is 0 Å². The highest BCUT2D eigenvalue weighted by atomic mass is 19.1. The second-order valence-electron chi connectivity index (χ2n) is 3.01. The van der Waals surface area contributed by atoms with Crippen LogP contribution in [0.5, 0.6) is 0 Å². The van der Waals surface area contributed by atoms with Crippen LogP contribution in [0.3, 0.4) is 0 Å². The van der Waals surface area contributed by atoms with Gasteiger partial charge in [-0.05, 0) is 30.5 Å². The molecular weight excluding hydrogens is 169 g/mol. The van der Waals surface area contributed by atoms with E-state index in [0.717, 1.165) is 0 Å². The summed E-state index contributed by atoms with van der Waals surface area (Å²) in [7, 11) is 0. The minimum Gasteiger partial charge on any atom is -0.330 e. The monoisotopic (exact) mass is 185 g/mol. The third-order valence-electron chi connectivity index (χ3n) is 1.77. The highest BCUT2D eigenvalue weighted by Gasteiger charge is 2.12. The van der Waals surface area contributed by atoms with E-state index in [1.165, 1.54) is 6.08 Å². The van der Waals surface area contributed by atoms with Crippen LogP contribution in [0.2, 0.25) is 0 Å². The quantitative estimate of drug-likeness (QED) is 0.665. The summed E-state index contributed by atoms with van der Waals surface area (Å²) in [6, 6.07) is 0. The van der Waals surface area contributed by atoms with Gasteiger partial charge in [-0.2, -0.15) is 0 Å². The zero-order valence-electron chi connectivity index (χ0n) is 8.14. The van der Waals surface area contributed by atoms with Crippen molar-refractivity contribution in [2.45, 2.75) is 20.3 Å². The first-order valence-electron chi connectivity index (χ1n) is 4.32. The van der Waals surface area contributed by atoms with Crippen LogP contribution in [0.1, 0.15) is 20.3 Å². The van der Waals surface area contributed by atoms with Crippen LogP contribution in [0.15, 0.2) is 24.1 Å². The molecular formula is C10H16FNO. The van der Waals surface area contributed by atoms with Crippen LogP contribution in [0.4, 0.5) is 4.39 Å². The molecule has 0 aromatic heterocycles. The first kappa shape index (κ1) is 12.0. The first-order chi connectivity index (χ1) is 6.02. The van der Waals surface area contributed by atoms with Gasteiger partial charge < -0.3 is 5.73 Å². The average Bonchev–Trinajstić information content (AvgIpc) is 2.14. The summed E-state index contributed by atoms with van der Waals surface area (Å²) >= 11 is 0. The molecule has 0 fully saturated rings. The van der Waals surface area contributed by atoms with Gasteiger partial charge in [0.25, 0.3) is 0 Å². The van der Waals surface area contributed by atoms with Gasteiger partial charge in [-0.25, -0.2) is 4.39 Å². The predicted molar refractivity (Wildman–Crippen MR) is 51.8 cm³/mol. The van der Waals surface area contributed by atoms with Crippen LogP contribution >= 0.6 is 0 Å². The van der Waals surface area contributed by atoms with Gasteiger partial charge in [0, 0.05) is 0 Å². The second-order valence-corrected chi connectivity index (χ2v) is 3.01. The number of ketones is 1. The minimum atomic E-state index is -0.746. The number of halogens is 1. The second kappa shape index (κ2) is 5.65. The van der Waals surface area contributed by atoms with Crippen molar-refractivity contribution in [2.24, 2.45) is 11.7 Å². The van der Waals surface area contributed by atoms with Crippen molar-refractivity contribution < 1.29 is 9.18 Å². The summed E-state index contributed by atoms with van der Waals surface area (Å²) in [6.07, 6.45) is 1.71. The van der Waals surface area contributed by atoms with E-state index in [0.29, 0.717) is 13.0 Å². The zero-order chi connectivity index (χ0) is 10.4. The third-order valence-corrected chi connectivity index (χ3v) is 1.77. The molecule has 0 radical (unpaired) electrons. The molecule has 2 N–H and O–H groups in total. The molecule has 2 nitrogen and oxygen atoms in total. The summed E-state index contributed by atoms with van der Waals surface area (Å²) in [5, 5.41) is 0. The van der Waals surface area contributed by atoms with E-state index in [1.807, 2.05) is 0 Å². The van der Waals surface area contributed by atoms with E-state index in [-0.39, 0.29) is 11.5 Å². The van der Waals surface area contributed by atoms with Gasteiger partial charge in [-0.1, -0.05) is 20.4 Å². The molecule has 13 heavy (non-hydrogen) atoms. The van der Waals surface area contributed by atoms with E-state index in [2.05, 4.69) is 6.58 Å². The molecule has 3 heteroatoms. The van der Waals surface area contributed by atoms with Crippen molar-refractivity contribution in [3.05, 3.63) is 24.1 Å². The molecule has 0 saturated carbocycles. The normalized spacial score (nSPS) is 14.0. The van der Waals surface area contributed by atoms with Crippen molar-refractivity contribution in [3.63, 3.8) is 0 Å². The molecule has 0 spiro atoms. The van der Waals surface area contributed by atoms with Crippen LogP contribution in [0.25, 0.3) is 0 Å². The molecule has 0 aliphatic rings. The minimum absolute atomic E-state index is 0.117. The van der Waals surface area contributed by atoms with Gasteiger partial charge in [-0.3, -0.25) is 4.79 Å². The van der Waals surface area contributed by atoms with E-state index in [1.54, 1.807) is 13.8 Å². The number of rotatable bonds is 5. The number of nitrogens with two attached hydrogens (primary N) is 1. The average molecular weight is 185 g/mol. The Morgan fingerprint density at radius 1 is 1.69 bits per heavy atom. The van der Waals surface area contributed by atoms with Crippen molar-refractivity contribution in [1.82, 2.24) is 0 Å². The summed E-state index contributed by atoms with van der Waals surface area (Å²) in [5.74, 6) is -1.47. The Morgan fingerprint density at radius 2 is 2.23 bits per heavy atom. The molecule has 0 aliphatic carbocycles. The Labute approximate surface area is 78.3 Å². The molecule has 0 bridgehead atoms. The van der Waals surface area contributed by atoms with E-state index < -0.39 is 11.6 Å². The van der Waals surface area contributed by atoms with Gasteiger partial charge in [0.05, 0.1) is 0 Å². The number of allylic oxidation sites excluding steroid dienone is 2. The lowest BCUT2D eigenvalue weighted by Crippen LogP contribution is -2.10. The molecule has 0 rings (SSSR count). The van der Waals surface area contributed by atoms with Gasteiger partial charge in [0.15, 0.2) is 5.83 Å². The Balaban J connectivity index is 4.41. The fourth-order valence-corrected chi connectivity index (χ4v) is 0.723. The smallest absolute Gasteiger partial charge is 0.216 e. The lowest BCUT2D eigenvalue weighted by Gasteiger charge is -2.02. The largest absolute Gasteiger partial charge is 0.330 e. The Hall–Kier alpha value is -0.960. The number of hydrogen-bond acceptors (Lipinski definition) is 2. The Kier molecular flexibility index (Phi) is 5.23. The SMILES string of the molecule is C=C(CC)C(=O)C(F)=CC(C)CN. The Bertz CT molecular complexity index is 233. The van der Waals surface area contributed by atoms with Crippen LogP contribution in [-0.2, 0) is 4.79 Å². The molecule has 0 heterocycles. The Morgan fingerprint density at radius 3 is 2.62 bits per heavy atom. The molecule has 0 aromatic carbocycles. The van der Waals surface area contributed by atoms with Crippen molar-refractivity contribution in [3.8, 4) is 0 Å². The number of Topliss-reactive ketones (excluding diaryl/α,β-unsaturated/α-hetero) is 1. The van der Waals surface area contributed by atoms with Gasteiger partial charge in [-0.15, -0.1) is 0 Å². The summed E-state index contributed by atoms with van der Waals surface area (Å²) in [6.45, 7) is 7.31. The first-order valence-corrected chi connectivity index (χ1v) is 4.32. The van der Waals surface area contributed by atoms with Gasteiger partial charge in [0.2, 0.25) is 5.78 Å². The third kappa shape index (κ3) is 3.99. The maximum atomic E-state index is 13.1. The number of carbonyl (C=O) groups is 1. The summed E-state index contributed by atoms with van der Waals surface area (Å²) in [5.41, 5.74) is 5.57. The molecule has 0 amide bonds. The zero-order valence-corrected chi connectivity index (χ0v) is 8.14. The van der Waals surface area contributed by atoms with Crippen LogP contribution in [0, 0.1) is 5.92 Å². The fraction of sp³-hybridized carbons (Fsp3) is 0.500. The highest BCUT2D eigenvalue weighted by Crippen LogP contribution is 2.11. The van der Waals surface area contributed by atoms with Gasteiger partial charge >= 0.3 is 0 Å². The molecule has 0 aliphatic heterocycles. The maximum Gasteiger partial charge on any atom is 0.216 e. The van der Waals surface area contributed by atoms with E-state index in [4.69, 9.17) is 5.73 Å². The summed E-state index contributed by atoms with van der Waals surface area (Å²) in [4.78, 5) is 11.1. The molecule has 74 valence electrons. The van der Waals surface area contributed by atoms with Crippen molar-refractivity contribution in [2.75, 3.05) is 6.54 Å². The number of carbonyl (C=O) groups excluding carboxylic acids is 1. The molecule has 0 saturated heterocycles. The molecule has 0 aromatic rings. The maximum absolute atomic E-state index is 13.1. The van der Waals surface area contributed by atoms with E-state index >= 15 is 0 Å². The fourth-order valence-electron chi connectivity index (χ4n) is 0.723. The number of hydrogen-bond donors (Lipinski definition) is 1. The predicted octanol–water partition coefficient (Wildman–Crippen LogP) is 1.97. The topological polar surface area (TPSA) is 43.1 Å². The lowest BCUT2D eigenvalue weighted by molar-refractivity contribution is -0.113.